The highest BCUT2D eigenvalue weighted by atomic mass is 16.4. The maximum Gasteiger partial charge on any atom is 0.337 e. The normalized spacial score (nSPS) is 10.6. The molecule has 1 N–H and O–H groups in total. The van der Waals surface area contributed by atoms with Crippen LogP contribution in [-0.4, -0.2) is 20.6 Å². The second-order valence-electron chi connectivity index (χ2n) is 5.06. The van der Waals surface area contributed by atoms with Crippen LogP contribution in [0.15, 0.2) is 61.2 Å². The third-order valence-electron chi connectivity index (χ3n) is 3.71. The molecule has 0 spiro atoms. The Bertz CT molecular complexity index is 790. The van der Waals surface area contributed by atoms with Crippen LogP contribution >= 0.6 is 0 Å². The van der Waals surface area contributed by atoms with Crippen LogP contribution in [0.3, 0.4) is 0 Å². The topological polar surface area (TPSA) is 55.1 Å². The van der Waals surface area contributed by atoms with Crippen molar-refractivity contribution < 1.29 is 9.90 Å². The van der Waals surface area contributed by atoms with Crippen LogP contribution in [0.1, 0.15) is 22.8 Å². The van der Waals surface area contributed by atoms with Crippen LogP contribution in [0, 0.1) is 0 Å². The lowest BCUT2D eigenvalue weighted by Gasteiger charge is -2.10. The van der Waals surface area contributed by atoms with Gasteiger partial charge in [-0.2, -0.15) is 0 Å². The van der Waals surface area contributed by atoms with Gasteiger partial charge in [0.25, 0.3) is 0 Å². The highest BCUT2D eigenvalue weighted by molar-refractivity contribution is 5.93. The summed E-state index contributed by atoms with van der Waals surface area (Å²) in [6, 6.07) is 13.7. The van der Waals surface area contributed by atoms with Gasteiger partial charge in [0.15, 0.2) is 0 Å². The molecule has 0 saturated heterocycles. The maximum atomic E-state index is 11.4. The Hall–Kier alpha value is -2.88. The number of carboxylic acids is 1. The minimum atomic E-state index is -0.948. The van der Waals surface area contributed by atoms with Gasteiger partial charge < -0.3 is 9.67 Å². The van der Waals surface area contributed by atoms with Gasteiger partial charge in [-0.15, -0.1) is 0 Å². The molecule has 1 aromatic heterocycles. The summed E-state index contributed by atoms with van der Waals surface area (Å²) in [4.78, 5) is 15.4. The number of hydrogen-bond donors (Lipinski definition) is 1. The number of benzene rings is 2. The van der Waals surface area contributed by atoms with E-state index in [0.717, 1.165) is 17.5 Å². The van der Waals surface area contributed by atoms with E-state index in [9.17, 15) is 9.90 Å². The van der Waals surface area contributed by atoms with Crippen molar-refractivity contribution in [2.45, 2.75) is 13.3 Å². The Morgan fingerprint density at radius 2 is 1.86 bits per heavy atom. The van der Waals surface area contributed by atoms with E-state index < -0.39 is 5.97 Å². The first kappa shape index (κ1) is 14.1. The van der Waals surface area contributed by atoms with Crippen molar-refractivity contribution in [2.75, 3.05) is 0 Å². The van der Waals surface area contributed by atoms with Crippen molar-refractivity contribution >= 4 is 5.97 Å². The number of carboxylic acid groups (broad SMARTS) is 1. The molecule has 0 aliphatic rings. The molecule has 4 heteroatoms. The Balaban J connectivity index is 2.10. The van der Waals surface area contributed by atoms with Gasteiger partial charge >= 0.3 is 5.97 Å². The first-order valence-electron chi connectivity index (χ1n) is 7.14. The largest absolute Gasteiger partial charge is 0.478 e. The van der Waals surface area contributed by atoms with Crippen LogP contribution in [0.2, 0.25) is 0 Å². The maximum absolute atomic E-state index is 11.4. The number of nitrogens with zero attached hydrogens (tertiary/aromatic N) is 2. The number of aromatic carboxylic acids is 1. The lowest BCUT2D eigenvalue weighted by atomic mass is 10.0. The smallest absolute Gasteiger partial charge is 0.337 e. The molecular formula is C18H16N2O2. The van der Waals surface area contributed by atoms with Gasteiger partial charge in [-0.25, -0.2) is 9.78 Å². The second kappa shape index (κ2) is 5.85. The van der Waals surface area contributed by atoms with Crippen LogP contribution in [0.4, 0.5) is 0 Å². The number of imidazole rings is 1. The summed E-state index contributed by atoms with van der Waals surface area (Å²) in [5.74, 6) is -0.948. The molecule has 22 heavy (non-hydrogen) atoms. The molecule has 3 aromatic rings. The molecule has 4 nitrogen and oxygen atoms in total. The molecule has 0 bridgehead atoms. The Kier molecular flexibility index (Phi) is 3.74. The van der Waals surface area contributed by atoms with Crippen molar-refractivity contribution in [3.63, 3.8) is 0 Å². The third kappa shape index (κ3) is 2.63. The Morgan fingerprint density at radius 3 is 2.45 bits per heavy atom. The van der Waals surface area contributed by atoms with E-state index in [2.05, 4.69) is 36.2 Å². The van der Waals surface area contributed by atoms with Crippen molar-refractivity contribution in [1.29, 1.82) is 0 Å². The zero-order chi connectivity index (χ0) is 15.5. The predicted molar refractivity (Wildman–Crippen MR) is 85.3 cm³/mol. The van der Waals surface area contributed by atoms with E-state index >= 15 is 0 Å². The molecule has 110 valence electrons. The average Bonchev–Trinajstić information content (AvgIpc) is 3.08. The highest BCUT2D eigenvalue weighted by Crippen LogP contribution is 2.25. The monoisotopic (exact) mass is 292 g/mol. The SMILES string of the molecule is CCc1ccc(-c2ccc(C(=O)O)c(-n3ccnc3)c2)cc1. The van der Waals surface area contributed by atoms with Crippen LogP contribution in [0.25, 0.3) is 16.8 Å². The first-order valence-corrected chi connectivity index (χ1v) is 7.14. The average molecular weight is 292 g/mol. The zero-order valence-electron chi connectivity index (χ0n) is 12.2. The van der Waals surface area contributed by atoms with Crippen molar-refractivity contribution in [2.24, 2.45) is 0 Å². The standard InChI is InChI=1S/C18H16N2O2/c1-2-13-3-5-14(6-4-13)15-7-8-16(18(21)22)17(11-15)20-10-9-19-12-20/h3-12H,2H2,1H3,(H,21,22). The summed E-state index contributed by atoms with van der Waals surface area (Å²) in [7, 11) is 0. The van der Waals surface area contributed by atoms with E-state index in [1.165, 1.54) is 5.56 Å². The van der Waals surface area contributed by atoms with Crippen LogP contribution in [-0.2, 0) is 6.42 Å². The summed E-state index contributed by atoms with van der Waals surface area (Å²) in [6.07, 6.45) is 5.98. The molecule has 0 saturated carbocycles. The van der Waals surface area contributed by atoms with E-state index in [0.29, 0.717) is 5.69 Å². The molecule has 1 heterocycles. The molecule has 0 aliphatic carbocycles. The second-order valence-corrected chi connectivity index (χ2v) is 5.06. The van der Waals surface area contributed by atoms with Gasteiger partial charge in [0.1, 0.15) is 0 Å². The predicted octanol–water partition coefficient (Wildman–Crippen LogP) is 3.80. The van der Waals surface area contributed by atoms with Crippen molar-refractivity contribution in [1.82, 2.24) is 9.55 Å². The quantitative estimate of drug-likeness (QED) is 0.795. The summed E-state index contributed by atoms with van der Waals surface area (Å²) < 4.78 is 1.72. The number of aryl methyl sites for hydroxylation is 1. The summed E-state index contributed by atoms with van der Waals surface area (Å²) >= 11 is 0. The lowest BCUT2D eigenvalue weighted by Crippen LogP contribution is -2.04. The minimum absolute atomic E-state index is 0.256. The molecule has 0 radical (unpaired) electrons. The van der Waals surface area contributed by atoms with E-state index in [4.69, 9.17) is 0 Å². The fourth-order valence-corrected chi connectivity index (χ4v) is 2.44. The molecule has 2 aromatic carbocycles. The van der Waals surface area contributed by atoms with E-state index in [1.807, 2.05) is 12.1 Å². The summed E-state index contributed by atoms with van der Waals surface area (Å²) in [6.45, 7) is 2.12. The van der Waals surface area contributed by atoms with Gasteiger partial charge in [-0.05, 0) is 35.2 Å². The van der Waals surface area contributed by atoms with Crippen LogP contribution < -0.4 is 0 Å². The number of carbonyl (C=O) groups is 1. The fourth-order valence-electron chi connectivity index (χ4n) is 2.44. The fraction of sp³-hybridized carbons (Fsp3) is 0.111. The zero-order valence-corrected chi connectivity index (χ0v) is 12.2. The van der Waals surface area contributed by atoms with Gasteiger partial charge in [0, 0.05) is 12.4 Å². The van der Waals surface area contributed by atoms with Gasteiger partial charge in [0.05, 0.1) is 17.6 Å². The minimum Gasteiger partial charge on any atom is -0.478 e. The molecule has 0 amide bonds. The van der Waals surface area contributed by atoms with Crippen LogP contribution in [0.5, 0.6) is 0 Å². The van der Waals surface area contributed by atoms with Gasteiger partial charge in [-0.3, -0.25) is 0 Å². The third-order valence-corrected chi connectivity index (χ3v) is 3.71. The summed E-state index contributed by atoms with van der Waals surface area (Å²) in [5.41, 5.74) is 4.20. The van der Waals surface area contributed by atoms with Gasteiger partial charge in [0.2, 0.25) is 0 Å². The van der Waals surface area contributed by atoms with E-state index in [-0.39, 0.29) is 5.56 Å². The van der Waals surface area contributed by atoms with Crippen molar-refractivity contribution in [3.8, 4) is 16.8 Å². The number of rotatable bonds is 4. The highest BCUT2D eigenvalue weighted by Gasteiger charge is 2.12. The van der Waals surface area contributed by atoms with Gasteiger partial charge in [-0.1, -0.05) is 37.3 Å². The first-order chi connectivity index (χ1) is 10.7. The molecule has 0 aliphatic heterocycles. The molecule has 0 atom stereocenters. The molecule has 3 rings (SSSR count). The molecule has 0 fully saturated rings. The van der Waals surface area contributed by atoms with Crippen molar-refractivity contribution in [3.05, 3.63) is 72.3 Å². The Morgan fingerprint density at radius 1 is 1.14 bits per heavy atom. The van der Waals surface area contributed by atoms with E-state index in [1.54, 1.807) is 29.4 Å². The molecular weight excluding hydrogens is 276 g/mol. The number of aromatic nitrogens is 2. The molecule has 0 unspecified atom stereocenters. The lowest BCUT2D eigenvalue weighted by molar-refractivity contribution is 0.0697. The number of hydrogen-bond acceptors (Lipinski definition) is 2. The summed E-state index contributed by atoms with van der Waals surface area (Å²) in [5, 5.41) is 9.36. The Labute approximate surface area is 128 Å².